The Balaban J connectivity index is 1.51. The minimum absolute atomic E-state index is 0.0938. The summed E-state index contributed by atoms with van der Waals surface area (Å²) >= 11 is 1.61. The fourth-order valence-electron chi connectivity index (χ4n) is 3.24. The van der Waals surface area contributed by atoms with Crippen molar-refractivity contribution in [2.24, 2.45) is 0 Å². The molecule has 132 valence electrons. The molecule has 0 saturated heterocycles. The average molecular weight is 364 g/mol. The topological polar surface area (TPSA) is 46.3 Å². The quantitative estimate of drug-likeness (QED) is 0.641. The summed E-state index contributed by atoms with van der Waals surface area (Å²) in [6, 6.07) is 18.1. The van der Waals surface area contributed by atoms with Crippen LogP contribution in [0.1, 0.15) is 32.9 Å². The molecule has 0 N–H and O–H groups in total. The van der Waals surface area contributed by atoms with Gasteiger partial charge in [-0.1, -0.05) is 41.6 Å². The zero-order valence-corrected chi connectivity index (χ0v) is 15.5. The van der Waals surface area contributed by atoms with Crippen LogP contribution in [-0.4, -0.2) is 22.5 Å². The molecule has 0 radical (unpaired) electrons. The van der Waals surface area contributed by atoms with Crippen LogP contribution in [-0.2, 0) is 18.7 Å². The van der Waals surface area contributed by atoms with Gasteiger partial charge >= 0.3 is 0 Å². The van der Waals surface area contributed by atoms with Gasteiger partial charge in [0.15, 0.2) is 0 Å². The van der Waals surface area contributed by atoms with Crippen LogP contribution in [0.15, 0.2) is 64.0 Å². The van der Waals surface area contributed by atoms with Gasteiger partial charge in [0.1, 0.15) is 5.76 Å². The van der Waals surface area contributed by atoms with Gasteiger partial charge in [0.2, 0.25) is 0 Å². The number of aromatic nitrogens is 1. The lowest BCUT2D eigenvalue weighted by Crippen LogP contribution is -2.36. The third-order valence-corrected chi connectivity index (χ3v) is 5.68. The van der Waals surface area contributed by atoms with Crippen molar-refractivity contribution in [1.29, 1.82) is 0 Å². The number of rotatable bonds is 4. The van der Waals surface area contributed by atoms with Gasteiger partial charge in [0.25, 0.3) is 5.91 Å². The van der Waals surface area contributed by atoms with Crippen LogP contribution in [0, 0.1) is 6.92 Å². The predicted octanol–water partition coefficient (Wildman–Crippen LogP) is 4.47. The molecule has 5 heteroatoms. The van der Waals surface area contributed by atoms with Gasteiger partial charge in [-0.05, 0) is 36.6 Å². The number of nitrogens with zero attached hydrogens (tertiary/aromatic N) is 2. The highest BCUT2D eigenvalue weighted by Crippen LogP contribution is 2.29. The summed E-state index contributed by atoms with van der Waals surface area (Å²) in [5.74, 6) is 1.58. The smallest absolute Gasteiger partial charge is 0.255 e. The fraction of sp³-hybridized carbons (Fsp3) is 0.238. The second-order valence-electron chi connectivity index (χ2n) is 6.46. The summed E-state index contributed by atoms with van der Waals surface area (Å²) < 4.78 is 5.28. The van der Waals surface area contributed by atoms with Crippen molar-refractivity contribution in [1.82, 2.24) is 10.1 Å². The van der Waals surface area contributed by atoms with Gasteiger partial charge in [-0.25, -0.2) is 0 Å². The summed E-state index contributed by atoms with van der Waals surface area (Å²) in [4.78, 5) is 16.0. The molecule has 1 aliphatic rings. The molecule has 0 fully saturated rings. The van der Waals surface area contributed by atoms with Gasteiger partial charge in [-0.2, -0.15) is 0 Å². The number of fused-ring (bicyclic) bond motifs is 1. The monoisotopic (exact) mass is 364 g/mol. The predicted molar refractivity (Wildman–Crippen MR) is 102 cm³/mol. The first kappa shape index (κ1) is 16.9. The number of hydrogen-bond acceptors (Lipinski definition) is 4. The maximum absolute atomic E-state index is 13.1. The number of carbonyl (C=O) groups is 1. The van der Waals surface area contributed by atoms with Crippen LogP contribution < -0.4 is 0 Å². The molecule has 26 heavy (non-hydrogen) atoms. The number of hydrogen-bond donors (Lipinski definition) is 0. The summed E-state index contributed by atoms with van der Waals surface area (Å²) in [5, 5.41) is 3.92. The summed E-state index contributed by atoms with van der Waals surface area (Å²) in [5.41, 5.74) is 4.22. The number of thioether (sulfide) groups is 1. The second kappa shape index (κ2) is 7.38. The van der Waals surface area contributed by atoms with Crippen LogP contribution in [0.25, 0.3) is 0 Å². The van der Waals surface area contributed by atoms with E-state index in [1.165, 1.54) is 11.1 Å². The number of aryl methyl sites for hydroxylation is 1. The number of benzene rings is 2. The molecule has 0 aliphatic carbocycles. The van der Waals surface area contributed by atoms with E-state index in [2.05, 4.69) is 23.4 Å². The lowest BCUT2D eigenvalue weighted by molar-refractivity contribution is 0.0731. The molecule has 2 aromatic carbocycles. The first-order valence-electron chi connectivity index (χ1n) is 8.71. The van der Waals surface area contributed by atoms with E-state index in [1.54, 1.807) is 11.8 Å². The van der Waals surface area contributed by atoms with Crippen molar-refractivity contribution in [2.75, 3.05) is 6.54 Å². The van der Waals surface area contributed by atoms with E-state index in [0.717, 1.165) is 34.9 Å². The van der Waals surface area contributed by atoms with E-state index in [-0.39, 0.29) is 5.91 Å². The summed E-state index contributed by atoms with van der Waals surface area (Å²) in [6.45, 7) is 3.34. The molecule has 4 nitrogen and oxygen atoms in total. The Morgan fingerprint density at radius 3 is 2.73 bits per heavy atom. The third kappa shape index (κ3) is 3.53. The standard InChI is InChI=1S/C21H20N2O2S/c1-15-12-18(25-22-15)14-26-20-9-5-4-8-19(20)21(24)23-11-10-16-6-2-3-7-17(16)13-23/h2-9,12H,10-11,13-14H2,1H3. The maximum Gasteiger partial charge on any atom is 0.255 e. The van der Waals surface area contributed by atoms with E-state index in [1.807, 2.05) is 48.2 Å². The maximum atomic E-state index is 13.1. The van der Waals surface area contributed by atoms with Gasteiger partial charge in [-0.15, -0.1) is 11.8 Å². The molecule has 1 amide bonds. The first-order valence-corrected chi connectivity index (χ1v) is 9.69. The van der Waals surface area contributed by atoms with Gasteiger partial charge in [0.05, 0.1) is 17.0 Å². The molecule has 3 aromatic rings. The molecule has 0 unspecified atom stereocenters. The lowest BCUT2D eigenvalue weighted by atomic mass is 9.99. The van der Waals surface area contributed by atoms with Crippen molar-refractivity contribution >= 4 is 17.7 Å². The Hall–Kier alpha value is -2.53. The molecule has 0 bridgehead atoms. The zero-order valence-electron chi connectivity index (χ0n) is 14.6. The molecule has 1 aliphatic heterocycles. The van der Waals surface area contributed by atoms with Gasteiger partial charge in [-0.3, -0.25) is 4.79 Å². The Morgan fingerprint density at radius 1 is 1.15 bits per heavy atom. The number of amides is 1. The van der Waals surface area contributed by atoms with Crippen molar-refractivity contribution in [2.45, 2.75) is 30.5 Å². The Morgan fingerprint density at radius 2 is 1.92 bits per heavy atom. The first-order chi connectivity index (χ1) is 12.7. The van der Waals surface area contributed by atoms with Crippen molar-refractivity contribution in [3.05, 3.63) is 82.7 Å². The SMILES string of the molecule is Cc1cc(CSc2ccccc2C(=O)N2CCc3ccccc3C2)on1. The Labute approximate surface area is 157 Å². The molecular formula is C21H20N2O2S. The Kier molecular flexibility index (Phi) is 4.80. The Bertz CT molecular complexity index is 935. The number of carbonyl (C=O) groups excluding carboxylic acids is 1. The minimum atomic E-state index is 0.0938. The molecule has 0 atom stereocenters. The molecule has 2 heterocycles. The van der Waals surface area contributed by atoms with Crippen LogP contribution in [0.2, 0.25) is 0 Å². The molecule has 4 rings (SSSR count). The molecule has 0 spiro atoms. The van der Waals surface area contributed by atoms with E-state index in [4.69, 9.17) is 4.52 Å². The molecule has 1 aromatic heterocycles. The van der Waals surface area contributed by atoms with E-state index in [9.17, 15) is 4.79 Å². The zero-order chi connectivity index (χ0) is 17.9. The highest BCUT2D eigenvalue weighted by Gasteiger charge is 2.23. The van der Waals surface area contributed by atoms with E-state index >= 15 is 0 Å². The second-order valence-corrected chi connectivity index (χ2v) is 7.48. The fourth-order valence-corrected chi connectivity index (χ4v) is 4.16. The van der Waals surface area contributed by atoms with Crippen molar-refractivity contribution in [3.8, 4) is 0 Å². The third-order valence-electron chi connectivity index (χ3n) is 4.58. The van der Waals surface area contributed by atoms with Crippen molar-refractivity contribution < 1.29 is 9.32 Å². The lowest BCUT2D eigenvalue weighted by Gasteiger charge is -2.29. The molecular weight excluding hydrogens is 344 g/mol. The van der Waals surface area contributed by atoms with Crippen LogP contribution >= 0.6 is 11.8 Å². The largest absolute Gasteiger partial charge is 0.360 e. The van der Waals surface area contributed by atoms with Crippen LogP contribution in [0.3, 0.4) is 0 Å². The highest BCUT2D eigenvalue weighted by molar-refractivity contribution is 7.98. The molecule has 0 saturated carbocycles. The summed E-state index contributed by atoms with van der Waals surface area (Å²) in [6.07, 6.45) is 0.911. The van der Waals surface area contributed by atoms with E-state index in [0.29, 0.717) is 12.3 Å². The minimum Gasteiger partial charge on any atom is -0.360 e. The van der Waals surface area contributed by atoms with Crippen LogP contribution in [0.4, 0.5) is 0 Å². The van der Waals surface area contributed by atoms with E-state index < -0.39 is 0 Å². The van der Waals surface area contributed by atoms with Crippen LogP contribution in [0.5, 0.6) is 0 Å². The van der Waals surface area contributed by atoms with Gasteiger partial charge < -0.3 is 9.42 Å². The normalized spacial score (nSPS) is 13.5. The average Bonchev–Trinajstić information content (AvgIpc) is 3.11. The van der Waals surface area contributed by atoms with Crippen molar-refractivity contribution in [3.63, 3.8) is 0 Å². The summed E-state index contributed by atoms with van der Waals surface area (Å²) in [7, 11) is 0. The highest BCUT2D eigenvalue weighted by atomic mass is 32.2. The van der Waals surface area contributed by atoms with Gasteiger partial charge in [0, 0.05) is 24.1 Å².